The lowest BCUT2D eigenvalue weighted by Gasteiger charge is -2.26. The number of benzene rings is 2. The summed E-state index contributed by atoms with van der Waals surface area (Å²) in [7, 11) is 0. The third-order valence-electron chi connectivity index (χ3n) is 5.85. The Morgan fingerprint density at radius 1 is 1.04 bits per heavy atom. The first kappa shape index (κ1) is 17.2. The van der Waals surface area contributed by atoms with Gasteiger partial charge < -0.3 is 15.5 Å². The minimum Gasteiger partial charge on any atom is -0.370 e. The maximum Gasteiger partial charge on any atom is 0.241 e. The predicted octanol–water partition coefficient (Wildman–Crippen LogP) is 3.49. The van der Waals surface area contributed by atoms with E-state index in [1.54, 1.807) is 0 Å². The molecule has 0 bridgehead atoms. The lowest BCUT2D eigenvalue weighted by molar-refractivity contribution is -0.118. The molecular weight excluding hydrogens is 348 g/mol. The van der Waals surface area contributed by atoms with Crippen molar-refractivity contribution in [3.8, 4) is 0 Å². The lowest BCUT2D eigenvalue weighted by Crippen LogP contribution is -2.44. The van der Waals surface area contributed by atoms with E-state index in [0.29, 0.717) is 6.42 Å². The second-order valence-corrected chi connectivity index (χ2v) is 7.62. The highest BCUT2D eigenvalue weighted by molar-refractivity contribution is 6.06. The Hall–Kier alpha value is -2.92. The Morgan fingerprint density at radius 2 is 1.86 bits per heavy atom. The number of nitrogens with zero attached hydrogens (tertiary/aromatic N) is 2. The van der Waals surface area contributed by atoms with Crippen molar-refractivity contribution in [1.82, 2.24) is 10.3 Å². The van der Waals surface area contributed by atoms with Gasteiger partial charge in [-0.05, 0) is 54.7 Å². The summed E-state index contributed by atoms with van der Waals surface area (Å²) in [6.45, 7) is 2.87. The fourth-order valence-electron chi connectivity index (χ4n) is 4.34. The summed E-state index contributed by atoms with van der Waals surface area (Å²) in [6.07, 6.45) is 4.99. The Kier molecular flexibility index (Phi) is 4.45. The molecule has 0 saturated carbocycles. The minimum absolute atomic E-state index is 0.00794. The lowest BCUT2D eigenvalue weighted by atomic mass is 9.95. The summed E-state index contributed by atoms with van der Waals surface area (Å²) in [5.41, 5.74) is 5.48. The van der Waals surface area contributed by atoms with Gasteiger partial charge in [-0.2, -0.15) is 0 Å². The predicted molar refractivity (Wildman–Crippen MR) is 113 cm³/mol. The van der Waals surface area contributed by atoms with Crippen molar-refractivity contribution in [2.75, 3.05) is 23.3 Å². The number of nitrogens with one attached hydrogen (secondary N) is 2. The summed E-state index contributed by atoms with van der Waals surface area (Å²) in [5, 5.41) is 7.50. The zero-order valence-corrected chi connectivity index (χ0v) is 15.8. The molecule has 0 unspecified atom stereocenters. The van der Waals surface area contributed by atoms with Gasteiger partial charge in [-0.15, -0.1) is 0 Å². The van der Waals surface area contributed by atoms with Gasteiger partial charge in [0.2, 0.25) is 5.91 Å². The molecule has 3 aromatic rings. The van der Waals surface area contributed by atoms with Crippen molar-refractivity contribution in [3.05, 3.63) is 65.9 Å². The molecule has 0 radical (unpaired) electrons. The number of amides is 1. The Labute approximate surface area is 164 Å². The van der Waals surface area contributed by atoms with Crippen LogP contribution in [0.4, 0.5) is 11.4 Å². The van der Waals surface area contributed by atoms with Gasteiger partial charge in [-0.3, -0.25) is 9.78 Å². The van der Waals surface area contributed by atoms with Crippen LogP contribution in [0.25, 0.3) is 10.9 Å². The van der Waals surface area contributed by atoms with E-state index in [1.807, 2.05) is 36.5 Å². The van der Waals surface area contributed by atoms with E-state index in [2.05, 4.69) is 38.7 Å². The van der Waals surface area contributed by atoms with Crippen LogP contribution in [0.1, 0.15) is 24.0 Å². The van der Waals surface area contributed by atoms with Gasteiger partial charge in [-0.1, -0.05) is 24.3 Å². The topological polar surface area (TPSA) is 57.3 Å². The third kappa shape index (κ3) is 3.12. The SMILES string of the molecule is O=C(Nc1ccc(N2CCCC2)c2ncccc12)[C@H]1Cc2ccccc2CN1. The molecule has 0 aliphatic carbocycles. The molecule has 2 N–H and O–H groups in total. The zero-order valence-electron chi connectivity index (χ0n) is 15.8. The number of hydrogen-bond acceptors (Lipinski definition) is 4. The number of fused-ring (bicyclic) bond motifs is 2. The highest BCUT2D eigenvalue weighted by atomic mass is 16.2. The van der Waals surface area contributed by atoms with Gasteiger partial charge in [0.25, 0.3) is 0 Å². The number of aromatic nitrogens is 1. The summed E-state index contributed by atoms with van der Waals surface area (Å²) in [5.74, 6) is 0.00794. The number of hydrogen-bond donors (Lipinski definition) is 2. The van der Waals surface area contributed by atoms with Gasteiger partial charge in [0.05, 0.1) is 22.9 Å². The van der Waals surface area contributed by atoms with Crippen molar-refractivity contribution in [2.24, 2.45) is 0 Å². The average molecular weight is 372 g/mol. The summed E-state index contributed by atoms with van der Waals surface area (Å²) in [4.78, 5) is 20.0. The van der Waals surface area contributed by atoms with Crippen LogP contribution >= 0.6 is 0 Å². The van der Waals surface area contributed by atoms with E-state index in [0.717, 1.165) is 41.9 Å². The molecule has 3 heterocycles. The van der Waals surface area contributed by atoms with Crippen molar-refractivity contribution in [3.63, 3.8) is 0 Å². The second-order valence-electron chi connectivity index (χ2n) is 7.62. The summed E-state index contributed by atoms with van der Waals surface area (Å²) in [6, 6.07) is 16.2. The molecule has 1 atom stereocenters. The molecule has 2 aliphatic heterocycles. The van der Waals surface area contributed by atoms with Crippen molar-refractivity contribution >= 4 is 28.2 Å². The minimum atomic E-state index is -0.222. The first-order chi connectivity index (χ1) is 13.8. The smallest absolute Gasteiger partial charge is 0.241 e. The van der Waals surface area contributed by atoms with E-state index in [-0.39, 0.29) is 11.9 Å². The van der Waals surface area contributed by atoms with Crippen LogP contribution < -0.4 is 15.5 Å². The van der Waals surface area contributed by atoms with E-state index < -0.39 is 0 Å². The molecule has 1 amide bonds. The number of pyridine rings is 1. The third-order valence-corrected chi connectivity index (χ3v) is 5.85. The van der Waals surface area contributed by atoms with E-state index in [9.17, 15) is 4.79 Å². The van der Waals surface area contributed by atoms with E-state index >= 15 is 0 Å². The van der Waals surface area contributed by atoms with Crippen molar-refractivity contribution < 1.29 is 4.79 Å². The number of carbonyl (C=O) groups excluding carboxylic acids is 1. The molecule has 0 spiro atoms. The van der Waals surface area contributed by atoms with Gasteiger partial charge in [0.1, 0.15) is 0 Å². The molecule has 28 heavy (non-hydrogen) atoms. The molecule has 2 aliphatic rings. The van der Waals surface area contributed by atoms with Gasteiger partial charge in [0, 0.05) is 31.2 Å². The Morgan fingerprint density at radius 3 is 2.71 bits per heavy atom. The highest BCUT2D eigenvalue weighted by Crippen LogP contribution is 2.32. The monoisotopic (exact) mass is 372 g/mol. The van der Waals surface area contributed by atoms with Gasteiger partial charge in [-0.25, -0.2) is 0 Å². The maximum absolute atomic E-state index is 13.0. The van der Waals surface area contributed by atoms with Crippen LogP contribution in [0.3, 0.4) is 0 Å². The summed E-state index contributed by atoms with van der Waals surface area (Å²) < 4.78 is 0. The summed E-state index contributed by atoms with van der Waals surface area (Å²) >= 11 is 0. The van der Waals surface area contributed by atoms with Gasteiger partial charge >= 0.3 is 0 Å². The molecule has 1 fully saturated rings. The molecule has 2 aromatic carbocycles. The molecule has 1 aromatic heterocycles. The van der Waals surface area contributed by atoms with Crippen molar-refractivity contribution in [2.45, 2.75) is 31.8 Å². The van der Waals surface area contributed by atoms with E-state index in [1.165, 1.54) is 24.0 Å². The molecule has 1 saturated heterocycles. The molecule has 5 rings (SSSR count). The average Bonchev–Trinajstić information content (AvgIpc) is 3.28. The molecule has 5 nitrogen and oxygen atoms in total. The quantitative estimate of drug-likeness (QED) is 0.739. The maximum atomic E-state index is 13.0. The molecule has 142 valence electrons. The van der Waals surface area contributed by atoms with Crippen LogP contribution in [0.15, 0.2) is 54.7 Å². The number of rotatable bonds is 3. The number of carbonyl (C=O) groups is 1. The molecular formula is C23H24N4O. The molecule has 5 heteroatoms. The standard InChI is InChI=1S/C23H24N4O/c28-23(20-14-16-6-1-2-7-17(16)15-25-20)26-19-9-10-21(27-12-3-4-13-27)22-18(19)8-5-11-24-22/h1-2,5-11,20,25H,3-4,12-15H2,(H,26,28)/t20-/m1/s1. The first-order valence-corrected chi connectivity index (χ1v) is 10.0. The van der Waals surface area contributed by atoms with Crippen LogP contribution in [0.2, 0.25) is 0 Å². The fourth-order valence-corrected chi connectivity index (χ4v) is 4.34. The highest BCUT2D eigenvalue weighted by Gasteiger charge is 2.25. The zero-order chi connectivity index (χ0) is 18.9. The van der Waals surface area contributed by atoms with Crippen LogP contribution in [0, 0.1) is 0 Å². The van der Waals surface area contributed by atoms with Gasteiger partial charge in [0.15, 0.2) is 0 Å². The largest absolute Gasteiger partial charge is 0.370 e. The Balaban J connectivity index is 1.41. The Bertz CT molecular complexity index is 1030. The van der Waals surface area contributed by atoms with Crippen LogP contribution in [-0.2, 0) is 17.8 Å². The van der Waals surface area contributed by atoms with Crippen LogP contribution in [-0.4, -0.2) is 30.0 Å². The van der Waals surface area contributed by atoms with Crippen molar-refractivity contribution in [1.29, 1.82) is 0 Å². The normalized spacial score (nSPS) is 18.9. The van der Waals surface area contributed by atoms with E-state index in [4.69, 9.17) is 0 Å². The first-order valence-electron chi connectivity index (χ1n) is 10.0. The number of anilines is 2. The van der Waals surface area contributed by atoms with Crippen LogP contribution in [0.5, 0.6) is 0 Å². The second kappa shape index (κ2) is 7.24. The fraction of sp³-hybridized carbons (Fsp3) is 0.304.